The molecule has 0 saturated heterocycles. The van der Waals surface area contributed by atoms with Crippen molar-refractivity contribution in [2.24, 2.45) is 6.98 Å². The van der Waals surface area contributed by atoms with Crippen molar-refractivity contribution >= 4 is 54.6 Å². The minimum Gasteiger partial charge on any atom is -0.458 e. The molecule has 12 aromatic rings. The SMILES string of the molecule is [2H]C([2H])([2H])[n+]1[c-]n(-c2cccc(Oc3ccc4c5ccccc5n(-c5cc(C(C)(C)C)ccn5)c4c3)c2)c2ccc(-n3c4c(-c5cc(C(C)(C)C)cc(C(C)(C)C)c5)cccc4c4cccc(-c5cc(C(C)(C)C)cc(C(C)(C)C)c5)c43)cc21. The van der Waals surface area contributed by atoms with E-state index in [-0.39, 0.29) is 27.1 Å². The van der Waals surface area contributed by atoms with Crippen molar-refractivity contribution in [3.8, 4) is 50.9 Å². The molecule has 0 fully saturated rings. The van der Waals surface area contributed by atoms with E-state index in [1.807, 2.05) is 53.2 Å². The Balaban J connectivity index is 1.05. The van der Waals surface area contributed by atoms with Gasteiger partial charge in [-0.2, -0.15) is 0 Å². The molecule has 0 aliphatic heterocycles. The van der Waals surface area contributed by atoms with Crippen LogP contribution in [0.25, 0.3) is 94.1 Å². The van der Waals surface area contributed by atoms with Crippen LogP contribution in [-0.2, 0) is 34.1 Å². The number of ether oxygens (including phenoxy) is 1. The number of para-hydroxylation sites is 3. The number of hydrogen-bond donors (Lipinski definition) is 0. The number of rotatable bonds is 7. The molecule has 0 bridgehead atoms. The van der Waals surface area contributed by atoms with Gasteiger partial charge in [-0.1, -0.05) is 213 Å². The van der Waals surface area contributed by atoms with Crippen molar-refractivity contribution < 1.29 is 13.4 Å². The molecule has 0 saturated carbocycles. The van der Waals surface area contributed by atoms with Crippen molar-refractivity contribution in [1.29, 1.82) is 0 Å². The van der Waals surface area contributed by atoms with Crippen molar-refractivity contribution in [1.82, 2.24) is 18.7 Å². The first-order valence-electron chi connectivity index (χ1n) is 30.1. The van der Waals surface area contributed by atoms with E-state index in [1.165, 1.54) is 32.4 Å². The maximum absolute atomic E-state index is 9.05. The molecule has 12 rings (SSSR count). The second kappa shape index (κ2) is 18.9. The Hall–Kier alpha value is -8.22. The Bertz CT molecular complexity index is 4390. The zero-order chi connectivity index (χ0) is 59.8. The highest BCUT2D eigenvalue weighted by Gasteiger charge is 2.27. The summed E-state index contributed by atoms with van der Waals surface area (Å²) in [4.78, 5) is 4.89. The average molecular weight is 1070 g/mol. The predicted molar refractivity (Wildman–Crippen MR) is 341 cm³/mol. The van der Waals surface area contributed by atoms with E-state index >= 15 is 0 Å². The molecule has 4 aromatic heterocycles. The topological polar surface area (TPSA) is 40.8 Å². The van der Waals surface area contributed by atoms with E-state index in [4.69, 9.17) is 13.8 Å². The number of nitrogens with zero attached hydrogens (tertiary/aromatic N) is 5. The van der Waals surface area contributed by atoms with E-state index < -0.39 is 6.98 Å². The molecule has 0 amide bonds. The van der Waals surface area contributed by atoms with Gasteiger partial charge < -0.3 is 18.4 Å². The highest BCUT2D eigenvalue weighted by molar-refractivity contribution is 6.17. The maximum Gasteiger partial charge on any atom is 0.244 e. The summed E-state index contributed by atoms with van der Waals surface area (Å²) in [5.41, 5.74) is 17.1. The van der Waals surface area contributed by atoms with Crippen LogP contribution in [0.3, 0.4) is 0 Å². The Morgan fingerprint density at radius 3 is 1.52 bits per heavy atom. The molecule has 0 radical (unpaired) electrons. The van der Waals surface area contributed by atoms with E-state index in [0.29, 0.717) is 28.2 Å². The van der Waals surface area contributed by atoms with Gasteiger partial charge in [-0.05, 0) is 121 Å². The molecule has 6 heteroatoms. The Labute approximate surface area is 483 Å². The molecule has 0 aliphatic carbocycles. The van der Waals surface area contributed by atoms with Gasteiger partial charge in [-0.3, -0.25) is 4.57 Å². The number of benzene rings is 8. The summed E-state index contributed by atoms with van der Waals surface area (Å²) < 4.78 is 41.7. The van der Waals surface area contributed by atoms with Crippen LogP contribution in [0.1, 0.15) is 136 Å². The third-order valence-electron chi connectivity index (χ3n) is 16.5. The lowest BCUT2D eigenvalue weighted by Crippen LogP contribution is -2.26. The first-order valence-corrected chi connectivity index (χ1v) is 28.6. The van der Waals surface area contributed by atoms with Gasteiger partial charge >= 0.3 is 0 Å². The Morgan fingerprint density at radius 1 is 0.420 bits per heavy atom. The first kappa shape index (κ1) is 49.8. The maximum atomic E-state index is 9.05. The third kappa shape index (κ3) is 9.60. The Morgan fingerprint density at radius 2 is 0.951 bits per heavy atom. The fourth-order valence-electron chi connectivity index (χ4n) is 11.7. The number of imidazole rings is 1. The lowest BCUT2D eigenvalue weighted by Gasteiger charge is -2.27. The lowest BCUT2D eigenvalue weighted by molar-refractivity contribution is -0.649. The van der Waals surface area contributed by atoms with Crippen LogP contribution >= 0.6 is 0 Å². The quantitative estimate of drug-likeness (QED) is 0.118. The largest absolute Gasteiger partial charge is 0.458 e. The summed E-state index contributed by atoms with van der Waals surface area (Å²) in [6.45, 7) is 31.5. The van der Waals surface area contributed by atoms with E-state index in [0.717, 1.165) is 77.4 Å². The second-order valence-electron chi connectivity index (χ2n) is 27.6. The number of fused-ring (bicyclic) bond motifs is 7. The highest BCUT2D eigenvalue weighted by atomic mass is 16.5. The van der Waals surface area contributed by atoms with Crippen molar-refractivity contribution in [3.05, 3.63) is 210 Å². The third-order valence-corrected chi connectivity index (χ3v) is 16.5. The molecule has 81 heavy (non-hydrogen) atoms. The van der Waals surface area contributed by atoms with E-state index in [2.05, 4.69) is 247 Å². The molecular weight excluding hydrogens is 987 g/mol. The van der Waals surface area contributed by atoms with Crippen molar-refractivity contribution in [3.63, 3.8) is 0 Å². The number of hydrogen-bond acceptors (Lipinski definition) is 2. The average Bonchev–Trinajstić information content (AvgIpc) is 1.60. The minimum absolute atomic E-state index is 0.0587. The van der Waals surface area contributed by atoms with Crippen LogP contribution in [0.15, 0.2) is 176 Å². The smallest absolute Gasteiger partial charge is 0.244 e. The molecule has 0 aliphatic rings. The van der Waals surface area contributed by atoms with Crippen LogP contribution < -0.4 is 9.30 Å². The molecule has 8 aromatic carbocycles. The van der Waals surface area contributed by atoms with Gasteiger partial charge in [-0.25, -0.2) is 4.98 Å². The van der Waals surface area contributed by atoms with Crippen LogP contribution in [0.5, 0.6) is 11.5 Å². The van der Waals surface area contributed by atoms with Crippen LogP contribution in [-0.4, -0.2) is 18.7 Å². The summed E-state index contributed by atoms with van der Waals surface area (Å²) >= 11 is 0. The minimum atomic E-state index is -2.57. The van der Waals surface area contributed by atoms with Gasteiger partial charge in [0.25, 0.3) is 0 Å². The summed E-state index contributed by atoms with van der Waals surface area (Å²) in [6.07, 6.45) is 5.21. The second-order valence-corrected chi connectivity index (χ2v) is 27.6. The predicted octanol–water partition coefficient (Wildman–Crippen LogP) is 19.5. The van der Waals surface area contributed by atoms with Crippen LogP contribution in [0, 0.1) is 6.33 Å². The first-order chi connectivity index (χ1) is 39.4. The van der Waals surface area contributed by atoms with Gasteiger partial charge in [0.2, 0.25) is 6.33 Å². The van der Waals surface area contributed by atoms with E-state index in [9.17, 15) is 0 Å². The van der Waals surface area contributed by atoms with Gasteiger partial charge in [0.15, 0.2) is 0 Å². The van der Waals surface area contributed by atoms with Crippen molar-refractivity contribution in [2.45, 2.75) is 131 Å². The normalized spacial score (nSPS) is 13.6. The van der Waals surface area contributed by atoms with Gasteiger partial charge in [0.05, 0.1) is 49.9 Å². The lowest BCUT2D eigenvalue weighted by atomic mass is 9.78. The summed E-state index contributed by atoms with van der Waals surface area (Å²) in [6, 6.07) is 60.5. The van der Waals surface area contributed by atoms with Gasteiger partial charge in [0.1, 0.15) is 17.3 Å². The van der Waals surface area contributed by atoms with Gasteiger partial charge in [-0.15, -0.1) is 0 Å². The molecule has 408 valence electrons. The van der Waals surface area contributed by atoms with Gasteiger partial charge in [0, 0.05) is 50.6 Å². The molecular formula is C75H77N5O. The zero-order valence-electron chi connectivity index (χ0n) is 52.9. The van der Waals surface area contributed by atoms with Crippen LogP contribution in [0.2, 0.25) is 0 Å². The molecule has 0 atom stereocenters. The number of aryl methyl sites for hydroxylation is 1. The zero-order valence-corrected chi connectivity index (χ0v) is 49.9. The molecule has 4 heterocycles. The monoisotopic (exact) mass is 1070 g/mol. The van der Waals surface area contributed by atoms with E-state index in [1.54, 1.807) is 0 Å². The van der Waals surface area contributed by atoms with Crippen molar-refractivity contribution in [2.75, 3.05) is 0 Å². The summed E-state index contributed by atoms with van der Waals surface area (Å²) in [5.74, 6) is 2.09. The Kier molecular flexibility index (Phi) is 11.6. The summed E-state index contributed by atoms with van der Waals surface area (Å²) in [7, 11) is 0. The molecule has 6 nitrogen and oxygen atoms in total. The fourth-order valence-corrected chi connectivity index (χ4v) is 11.7. The standard InChI is InChI=1S/C75H77N5O/c1-71(2,3)49-34-35-76-68(42-49)80-64-29-18-17-24-60(64)61-32-31-57(45-66(61)80)81-56-23-19-22-54(43-56)78-46-77(16)67-44-55(30-33-65(67)78)79-69-58(47-36-50(72(4,5)6)40-51(37-47)73(7,8)9)25-20-27-62(69)63-28-21-26-59(70(63)79)48-38-52(74(10,11)12)41-53(39-48)75(13,14)15/h17-45H,1-16H3/i16D3. The highest BCUT2D eigenvalue weighted by Crippen LogP contribution is 2.46. The number of aromatic nitrogens is 5. The summed E-state index contributed by atoms with van der Waals surface area (Å²) in [5, 5.41) is 4.45. The molecule has 0 spiro atoms. The fraction of sp³-hybridized carbons (Fsp3) is 0.280. The number of pyridine rings is 1. The molecule has 0 unspecified atom stereocenters. The molecule has 0 N–H and O–H groups in total. The van der Waals surface area contributed by atoms with Crippen LogP contribution in [0.4, 0.5) is 0 Å².